The summed E-state index contributed by atoms with van der Waals surface area (Å²) in [4.78, 5) is 5.12. The van der Waals surface area contributed by atoms with Crippen LogP contribution in [0.4, 0.5) is 5.82 Å². The monoisotopic (exact) mass is 142 g/mol. The molecule has 0 aliphatic carbocycles. The maximum atomic E-state index is 5.54. The Balaban J connectivity index is 2.94. The lowest BCUT2D eigenvalue weighted by molar-refractivity contribution is 0.889. The SMILES string of the molecule is CC(C)c1scnc1N. The fourth-order valence-electron chi connectivity index (χ4n) is 0.696. The maximum Gasteiger partial charge on any atom is 0.137 e. The van der Waals surface area contributed by atoms with Gasteiger partial charge < -0.3 is 5.73 Å². The summed E-state index contributed by atoms with van der Waals surface area (Å²) < 4.78 is 0. The second-order valence-corrected chi connectivity index (χ2v) is 3.14. The standard InChI is InChI=1S/C6H10N2S/c1-4(2)5-6(7)8-3-9-5/h3-4H,7H2,1-2H3. The van der Waals surface area contributed by atoms with Gasteiger partial charge in [0.2, 0.25) is 0 Å². The van der Waals surface area contributed by atoms with Gasteiger partial charge in [0, 0.05) is 0 Å². The van der Waals surface area contributed by atoms with Crippen LogP contribution in [0.25, 0.3) is 0 Å². The van der Waals surface area contributed by atoms with E-state index in [4.69, 9.17) is 5.73 Å². The number of aromatic nitrogens is 1. The molecule has 0 bridgehead atoms. The Morgan fingerprint density at radius 2 is 2.33 bits per heavy atom. The average Bonchev–Trinajstić information content (AvgIpc) is 2.13. The van der Waals surface area contributed by atoms with Gasteiger partial charge in [-0.05, 0) is 5.92 Å². The zero-order valence-electron chi connectivity index (χ0n) is 5.59. The molecule has 1 rings (SSSR count). The molecule has 0 radical (unpaired) electrons. The van der Waals surface area contributed by atoms with Crippen molar-refractivity contribution in [1.82, 2.24) is 4.98 Å². The number of rotatable bonds is 1. The van der Waals surface area contributed by atoms with Gasteiger partial charge in [0.25, 0.3) is 0 Å². The highest BCUT2D eigenvalue weighted by Gasteiger charge is 2.04. The molecular weight excluding hydrogens is 132 g/mol. The number of hydrogen-bond donors (Lipinski definition) is 1. The minimum Gasteiger partial charge on any atom is -0.383 e. The van der Waals surface area contributed by atoms with Crippen LogP contribution in [0.1, 0.15) is 24.6 Å². The van der Waals surface area contributed by atoms with E-state index in [0.29, 0.717) is 11.7 Å². The Hall–Kier alpha value is -0.570. The van der Waals surface area contributed by atoms with Crippen molar-refractivity contribution in [2.75, 3.05) is 5.73 Å². The zero-order valence-corrected chi connectivity index (χ0v) is 6.40. The van der Waals surface area contributed by atoms with Gasteiger partial charge in [-0.1, -0.05) is 13.8 Å². The molecule has 0 unspecified atom stereocenters. The van der Waals surface area contributed by atoms with Gasteiger partial charge in [0.05, 0.1) is 10.4 Å². The first-order valence-corrected chi connectivity index (χ1v) is 3.78. The highest BCUT2D eigenvalue weighted by atomic mass is 32.1. The Bertz CT molecular complexity index is 193. The smallest absolute Gasteiger partial charge is 0.137 e. The largest absolute Gasteiger partial charge is 0.383 e. The van der Waals surface area contributed by atoms with Crippen molar-refractivity contribution in [2.24, 2.45) is 0 Å². The fourth-order valence-corrected chi connectivity index (χ4v) is 1.42. The molecule has 1 aromatic heterocycles. The molecule has 0 aromatic carbocycles. The molecule has 0 amide bonds. The summed E-state index contributed by atoms with van der Waals surface area (Å²) in [6, 6.07) is 0. The molecule has 0 aliphatic heterocycles. The summed E-state index contributed by atoms with van der Waals surface area (Å²) in [5, 5.41) is 0. The van der Waals surface area contributed by atoms with Gasteiger partial charge in [-0.2, -0.15) is 0 Å². The third kappa shape index (κ3) is 1.21. The highest BCUT2D eigenvalue weighted by Crippen LogP contribution is 2.24. The average molecular weight is 142 g/mol. The molecule has 0 spiro atoms. The van der Waals surface area contributed by atoms with E-state index in [1.54, 1.807) is 16.8 Å². The number of anilines is 1. The van der Waals surface area contributed by atoms with Crippen LogP contribution in [0.5, 0.6) is 0 Å². The second kappa shape index (κ2) is 2.35. The van der Waals surface area contributed by atoms with Crippen LogP contribution in [0.3, 0.4) is 0 Å². The molecule has 2 N–H and O–H groups in total. The molecule has 0 saturated heterocycles. The Morgan fingerprint density at radius 3 is 2.56 bits per heavy atom. The van der Waals surface area contributed by atoms with Crippen LogP contribution in [0.15, 0.2) is 5.51 Å². The van der Waals surface area contributed by atoms with Crippen molar-refractivity contribution in [3.63, 3.8) is 0 Å². The van der Waals surface area contributed by atoms with Crippen molar-refractivity contribution < 1.29 is 0 Å². The summed E-state index contributed by atoms with van der Waals surface area (Å²) in [5.74, 6) is 1.20. The van der Waals surface area contributed by atoms with Gasteiger partial charge in [0.1, 0.15) is 5.82 Å². The first-order chi connectivity index (χ1) is 4.22. The molecule has 2 nitrogen and oxygen atoms in total. The first-order valence-electron chi connectivity index (χ1n) is 2.90. The lowest BCUT2D eigenvalue weighted by Gasteiger charge is -1.98. The fraction of sp³-hybridized carbons (Fsp3) is 0.500. The predicted octanol–water partition coefficient (Wildman–Crippen LogP) is 1.85. The molecule has 3 heteroatoms. The quantitative estimate of drug-likeness (QED) is 0.650. The third-order valence-electron chi connectivity index (χ3n) is 1.15. The second-order valence-electron chi connectivity index (χ2n) is 2.26. The number of nitrogen functional groups attached to an aromatic ring is 1. The van der Waals surface area contributed by atoms with Gasteiger partial charge in [0.15, 0.2) is 0 Å². The number of thiazole rings is 1. The number of hydrogen-bond acceptors (Lipinski definition) is 3. The molecule has 9 heavy (non-hydrogen) atoms. The van der Waals surface area contributed by atoms with E-state index in [9.17, 15) is 0 Å². The molecule has 0 fully saturated rings. The summed E-state index contributed by atoms with van der Waals surface area (Å²) in [6.45, 7) is 4.23. The molecule has 0 saturated carbocycles. The summed E-state index contributed by atoms with van der Waals surface area (Å²) >= 11 is 1.62. The normalized spacial score (nSPS) is 10.6. The Labute approximate surface area is 58.7 Å². The topological polar surface area (TPSA) is 38.9 Å². The van der Waals surface area contributed by atoms with Gasteiger partial charge in [-0.15, -0.1) is 11.3 Å². The predicted molar refractivity (Wildman–Crippen MR) is 40.6 cm³/mol. The lowest BCUT2D eigenvalue weighted by Crippen LogP contribution is -1.91. The summed E-state index contributed by atoms with van der Waals surface area (Å²) in [5.41, 5.74) is 7.32. The van der Waals surface area contributed by atoms with Crippen molar-refractivity contribution in [1.29, 1.82) is 0 Å². The molecule has 1 aromatic rings. The summed E-state index contributed by atoms with van der Waals surface area (Å²) in [7, 11) is 0. The molecule has 1 heterocycles. The summed E-state index contributed by atoms with van der Waals surface area (Å²) in [6.07, 6.45) is 0. The van der Waals surface area contributed by atoms with E-state index in [-0.39, 0.29) is 0 Å². The third-order valence-corrected chi connectivity index (χ3v) is 2.29. The minimum absolute atomic E-state index is 0.512. The van der Waals surface area contributed by atoms with Crippen molar-refractivity contribution in [2.45, 2.75) is 19.8 Å². The molecular formula is C6H10N2S. The van der Waals surface area contributed by atoms with Crippen LogP contribution in [-0.2, 0) is 0 Å². The lowest BCUT2D eigenvalue weighted by atomic mass is 10.2. The van der Waals surface area contributed by atoms with Crippen LogP contribution in [-0.4, -0.2) is 4.98 Å². The van der Waals surface area contributed by atoms with Gasteiger partial charge in [-0.3, -0.25) is 0 Å². The van der Waals surface area contributed by atoms with E-state index < -0.39 is 0 Å². The van der Waals surface area contributed by atoms with E-state index >= 15 is 0 Å². The van der Waals surface area contributed by atoms with Crippen LogP contribution >= 0.6 is 11.3 Å². The van der Waals surface area contributed by atoms with Gasteiger partial charge >= 0.3 is 0 Å². The van der Waals surface area contributed by atoms with Crippen LogP contribution in [0.2, 0.25) is 0 Å². The first kappa shape index (κ1) is 6.55. The van der Waals surface area contributed by atoms with Crippen molar-refractivity contribution >= 4 is 17.2 Å². The Kier molecular flexibility index (Phi) is 1.71. The zero-order chi connectivity index (χ0) is 6.85. The Morgan fingerprint density at radius 1 is 1.67 bits per heavy atom. The molecule has 0 atom stereocenters. The minimum atomic E-state index is 0.512. The van der Waals surface area contributed by atoms with Crippen molar-refractivity contribution in [3.8, 4) is 0 Å². The van der Waals surface area contributed by atoms with E-state index in [1.165, 1.54) is 4.88 Å². The van der Waals surface area contributed by atoms with Crippen LogP contribution < -0.4 is 5.73 Å². The van der Waals surface area contributed by atoms with Gasteiger partial charge in [-0.25, -0.2) is 4.98 Å². The number of nitrogens with two attached hydrogens (primary N) is 1. The highest BCUT2D eigenvalue weighted by molar-refractivity contribution is 7.10. The number of nitrogens with zero attached hydrogens (tertiary/aromatic N) is 1. The van der Waals surface area contributed by atoms with Crippen molar-refractivity contribution in [3.05, 3.63) is 10.4 Å². The van der Waals surface area contributed by atoms with E-state index in [0.717, 1.165) is 0 Å². The molecule has 50 valence electrons. The van der Waals surface area contributed by atoms with E-state index in [2.05, 4.69) is 18.8 Å². The van der Waals surface area contributed by atoms with Crippen LogP contribution in [0, 0.1) is 0 Å². The molecule has 0 aliphatic rings. The maximum absolute atomic E-state index is 5.54. The van der Waals surface area contributed by atoms with E-state index in [1.807, 2.05) is 0 Å².